The lowest BCUT2D eigenvalue weighted by atomic mass is 10.0. The third-order valence-electron chi connectivity index (χ3n) is 7.35. The standard InChI is InChI=1S/C28H40N4O4S2/c1-5-14-30(15-6-2)28(34)25-23-13-18-31(20(3)4)19-24(23)37-27(25)29-26(33)21-9-11-22(12-10-21)38(35,36)32-16-7-8-17-32/h9-12,20H,5-8,13-19H2,1-4H3,(H,29,33). The van der Waals surface area contributed by atoms with E-state index in [2.05, 4.69) is 37.9 Å². The van der Waals surface area contributed by atoms with Crippen molar-refractivity contribution in [1.82, 2.24) is 14.1 Å². The Kier molecular flexibility index (Phi) is 9.28. The number of hydrogen-bond donors (Lipinski definition) is 1. The molecule has 0 aliphatic carbocycles. The van der Waals surface area contributed by atoms with Gasteiger partial charge < -0.3 is 10.2 Å². The Labute approximate surface area is 231 Å². The van der Waals surface area contributed by atoms with Gasteiger partial charge in [0.25, 0.3) is 11.8 Å². The van der Waals surface area contributed by atoms with Gasteiger partial charge in [0.05, 0.1) is 10.5 Å². The van der Waals surface area contributed by atoms with Crippen LogP contribution in [0.1, 0.15) is 84.5 Å². The van der Waals surface area contributed by atoms with Gasteiger partial charge in [0.1, 0.15) is 5.00 Å². The molecule has 10 heteroatoms. The second-order valence-corrected chi connectivity index (χ2v) is 13.4. The minimum Gasteiger partial charge on any atom is -0.339 e. The van der Waals surface area contributed by atoms with Gasteiger partial charge in [-0.3, -0.25) is 14.5 Å². The molecule has 0 saturated carbocycles. The Morgan fingerprint density at radius 1 is 1.03 bits per heavy atom. The van der Waals surface area contributed by atoms with Crippen LogP contribution < -0.4 is 5.32 Å². The highest BCUT2D eigenvalue weighted by molar-refractivity contribution is 7.89. The van der Waals surface area contributed by atoms with E-state index in [4.69, 9.17) is 0 Å². The fourth-order valence-corrected chi connectivity index (χ4v) is 8.00. The number of sulfonamides is 1. The normalized spacial score (nSPS) is 16.6. The number of carbonyl (C=O) groups excluding carboxylic acids is 2. The zero-order valence-electron chi connectivity index (χ0n) is 23.0. The third kappa shape index (κ3) is 5.98. The molecular weight excluding hydrogens is 520 g/mol. The van der Waals surface area contributed by atoms with E-state index >= 15 is 0 Å². The number of fused-ring (bicyclic) bond motifs is 1. The maximum absolute atomic E-state index is 13.8. The average Bonchev–Trinajstić information content (AvgIpc) is 3.56. The second-order valence-electron chi connectivity index (χ2n) is 10.4. The zero-order valence-corrected chi connectivity index (χ0v) is 24.6. The number of benzene rings is 1. The van der Waals surface area contributed by atoms with Gasteiger partial charge in [-0.1, -0.05) is 13.8 Å². The molecule has 0 unspecified atom stereocenters. The number of thiophene rings is 1. The van der Waals surface area contributed by atoms with Crippen molar-refractivity contribution in [3.05, 3.63) is 45.8 Å². The number of rotatable bonds is 10. The van der Waals surface area contributed by atoms with Gasteiger partial charge in [0.15, 0.2) is 0 Å². The first-order valence-corrected chi connectivity index (χ1v) is 16.0. The summed E-state index contributed by atoms with van der Waals surface area (Å²) < 4.78 is 27.2. The van der Waals surface area contributed by atoms with E-state index in [0.717, 1.165) is 55.6 Å². The Balaban J connectivity index is 1.62. The quantitative estimate of drug-likeness (QED) is 0.450. The molecule has 0 bridgehead atoms. The molecule has 1 N–H and O–H groups in total. The van der Waals surface area contributed by atoms with Crippen molar-refractivity contribution < 1.29 is 18.0 Å². The van der Waals surface area contributed by atoms with Crippen LogP contribution in [0.4, 0.5) is 5.00 Å². The summed E-state index contributed by atoms with van der Waals surface area (Å²) in [7, 11) is -3.54. The molecule has 2 aliphatic heterocycles. The Morgan fingerprint density at radius 2 is 1.66 bits per heavy atom. The molecule has 8 nitrogen and oxygen atoms in total. The van der Waals surface area contributed by atoms with E-state index in [1.807, 2.05) is 4.90 Å². The fraction of sp³-hybridized carbons (Fsp3) is 0.571. The molecule has 3 heterocycles. The van der Waals surface area contributed by atoms with Gasteiger partial charge in [0.2, 0.25) is 10.0 Å². The first-order valence-electron chi connectivity index (χ1n) is 13.8. The number of anilines is 1. The van der Waals surface area contributed by atoms with E-state index < -0.39 is 10.0 Å². The summed E-state index contributed by atoms with van der Waals surface area (Å²) in [5.41, 5.74) is 2.03. The second kappa shape index (κ2) is 12.3. The van der Waals surface area contributed by atoms with Crippen LogP contribution in [0.15, 0.2) is 29.2 Å². The van der Waals surface area contributed by atoms with Crippen molar-refractivity contribution in [2.75, 3.05) is 38.0 Å². The molecule has 0 atom stereocenters. The van der Waals surface area contributed by atoms with E-state index in [-0.39, 0.29) is 16.7 Å². The van der Waals surface area contributed by atoms with Crippen LogP contribution in [0.25, 0.3) is 0 Å². The monoisotopic (exact) mass is 560 g/mol. The smallest absolute Gasteiger partial charge is 0.257 e. The van der Waals surface area contributed by atoms with E-state index in [9.17, 15) is 18.0 Å². The summed E-state index contributed by atoms with van der Waals surface area (Å²) in [6, 6.07) is 6.50. The van der Waals surface area contributed by atoms with Gasteiger partial charge in [-0.15, -0.1) is 11.3 Å². The minimum absolute atomic E-state index is 0.0217. The number of nitrogens with one attached hydrogen (secondary N) is 1. The average molecular weight is 561 g/mol. The minimum atomic E-state index is -3.54. The molecule has 2 amide bonds. The van der Waals surface area contributed by atoms with Crippen molar-refractivity contribution in [1.29, 1.82) is 0 Å². The Hall–Kier alpha value is -2.27. The summed E-state index contributed by atoms with van der Waals surface area (Å²) >= 11 is 1.49. The summed E-state index contributed by atoms with van der Waals surface area (Å²) in [6.45, 7) is 12.5. The highest BCUT2D eigenvalue weighted by Gasteiger charge is 2.32. The van der Waals surface area contributed by atoms with Gasteiger partial charge >= 0.3 is 0 Å². The summed E-state index contributed by atoms with van der Waals surface area (Å²) in [4.78, 5) is 32.7. The Bertz CT molecular complexity index is 1240. The van der Waals surface area contributed by atoms with Gasteiger partial charge in [-0.05, 0) is 75.8 Å². The van der Waals surface area contributed by atoms with Crippen LogP contribution in [0.5, 0.6) is 0 Å². The van der Waals surface area contributed by atoms with Crippen molar-refractivity contribution in [3.8, 4) is 0 Å². The van der Waals surface area contributed by atoms with Crippen molar-refractivity contribution in [3.63, 3.8) is 0 Å². The van der Waals surface area contributed by atoms with Crippen LogP contribution in [-0.4, -0.2) is 73.1 Å². The predicted octanol–water partition coefficient (Wildman–Crippen LogP) is 4.81. The number of hydrogen-bond acceptors (Lipinski definition) is 6. The van der Waals surface area contributed by atoms with Gasteiger partial charge in [-0.2, -0.15) is 4.31 Å². The molecule has 208 valence electrons. The molecule has 4 rings (SSSR count). The van der Waals surface area contributed by atoms with Crippen molar-refractivity contribution >= 4 is 38.2 Å². The predicted molar refractivity (Wildman–Crippen MR) is 152 cm³/mol. The molecular formula is C28H40N4O4S2. The molecule has 1 aromatic heterocycles. The highest BCUT2D eigenvalue weighted by Crippen LogP contribution is 2.39. The zero-order chi connectivity index (χ0) is 27.4. The first-order chi connectivity index (χ1) is 18.2. The molecule has 2 aliphatic rings. The number of carbonyl (C=O) groups is 2. The van der Waals surface area contributed by atoms with Gasteiger partial charge in [0, 0.05) is 55.8 Å². The number of amides is 2. The molecule has 1 fully saturated rings. The van der Waals surface area contributed by atoms with Crippen LogP contribution in [0.2, 0.25) is 0 Å². The van der Waals surface area contributed by atoms with Crippen molar-refractivity contribution in [2.45, 2.75) is 77.3 Å². The molecule has 0 spiro atoms. The molecule has 38 heavy (non-hydrogen) atoms. The van der Waals surface area contributed by atoms with Crippen LogP contribution in [0.3, 0.4) is 0 Å². The topological polar surface area (TPSA) is 90.0 Å². The van der Waals surface area contributed by atoms with Crippen LogP contribution in [0, 0.1) is 0 Å². The fourth-order valence-electron chi connectivity index (χ4n) is 5.22. The van der Waals surface area contributed by atoms with E-state index in [0.29, 0.717) is 48.3 Å². The molecule has 1 saturated heterocycles. The SMILES string of the molecule is CCCN(CCC)C(=O)c1c(NC(=O)c2ccc(S(=O)(=O)N3CCCC3)cc2)sc2c1CCN(C(C)C)C2. The van der Waals surface area contributed by atoms with Crippen LogP contribution in [-0.2, 0) is 23.0 Å². The van der Waals surface area contributed by atoms with Crippen LogP contribution >= 0.6 is 11.3 Å². The highest BCUT2D eigenvalue weighted by atomic mass is 32.2. The lowest BCUT2D eigenvalue weighted by molar-refractivity contribution is 0.0755. The maximum Gasteiger partial charge on any atom is 0.257 e. The first kappa shape index (κ1) is 28.7. The number of nitrogens with zero attached hydrogens (tertiary/aromatic N) is 3. The summed E-state index contributed by atoms with van der Waals surface area (Å²) in [5.74, 6) is -0.368. The van der Waals surface area contributed by atoms with Crippen molar-refractivity contribution in [2.24, 2.45) is 0 Å². The maximum atomic E-state index is 13.8. The Morgan fingerprint density at radius 3 is 2.24 bits per heavy atom. The lowest BCUT2D eigenvalue weighted by Crippen LogP contribution is -2.37. The van der Waals surface area contributed by atoms with Gasteiger partial charge in [-0.25, -0.2) is 8.42 Å². The molecule has 1 aromatic carbocycles. The summed E-state index contributed by atoms with van der Waals surface area (Å²) in [6.07, 6.45) is 4.25. The van der Waals surface area contributed by atoms with E-state index in [1.165, 1.54) is 27.8 Å². The summed E-state index contributed by atoms with van der Waals surface area (Å²) in [5, 5.41) is 3.60. The third-order valence-corrected chi connectivity index (χ3v) is 10.4. The molecule has 2 aromatic rings. The largest absolute Gasteiger partial charge is 0.339 e. The van der Waals surface area contributed by atoms with E-state index in [1.54, 1.807) is 12.1 Å². The molecule has 0 radical (unpaired) electrons. The lowest BCUT2D eigenvalue weighted by Gasteiger charge is -2.31.